The summed E-state index contributed by atoms with van der Waals surface area (Å²) < 4.78 is 35.7. The van der Waals surface area contributed by atoms with Crippen LogP contribution in [-0.2, 0) is 42.4 Å². The maximum atomic E-state index is 15.1. The van der Waals surface area contributed by atoms with Crippen molar-refractivity contribution in [3.63, 3.8) is 0 Å². The summed E-state index contributed by atoms with van der Waals surface area (Å²) in [4.78, 5) is 52.9. The number of barbiturate groups is 1. The molecule has 3 atom stereocenters. The Labute approximate surface area is 206 Å². The molecule has 3 aliphatic rings. The molecule has 0 bridgehead atoms. The number of benzene rings is 1. The van der Waals surface area contributed by atoms with E-state index in [9.17, 15) is 23.7 Å². The van der Waals surface area contributed by atoms with E-state index < -0.39 is 69.5 Å². The molecule has 0 radical (unpaired) electrons. The second-order valence-corrected chi connectivity index (χ2v) is 12.2. The monoisotopic (exact) mass is 507 g/mol. The summed E-state index contributed by atoms with van der Waals surface area (Å²) in [6.45, 7) is 5.96. The Balaban J connectivity index is 1.66. The topological polar surface area (TPSA) is 128 Å². The summed E-state index contributed by atoms with van der Waals surface area (Å²) in [6.07, 6.45) is 1.09. The number of Topliss-reactive ketones (excluding diaryl/α,β-unsaturated/α-hetero) is 1. The maximum Gasteiger partial charge on any atom is 0.331 e. The van der Waals surface area contributed by atoms with E-state index in [0.717, 1.165) is 4.90 Å². The van der Waals surface area contributed by atoms with Crippen LogP contribution in [0.3, 0.4) is 0 Å². The number of rotatable bonds is 6. The van der Waals surface area contributed by atoms with Crippen molar-refractivity contribution in [1.29, 1.82) is 0 Å². The fraction of sp³-hybridized carbons (Fsp3) is 0.583. The molecule has 2 heterocycles. The van der Waals surface area contributed by atoms with Gasteiger partial charge in [-0.2, -0.15) is 0 Å². The number of amides is 4. The zero-order chi connectivity index (χ0) is 25.5. The van der Waals surface area contributed by atoms with E-state index in [1.54, 1.807) is 32.9 Å². The van der Waals surface area contributed by atoms with Gasteiger partial charge in [-0.1, -0.05) is 12.1 Å². The van der Waals surface area contributed by atoms with E-state index in [4.69, 9.17) is 4.74 Å². The molecule has 35 heavy (non-hydrogen) atoms. The van der Waals surface area contributed by atoms with Crippen molar-refractivity contribution in [3.8, 4) is 0 Å². The van der Waals surface area contributed by atoms with E-state index in [2.05, 4.69) is 10.0 Å². The van der Waals surface area contributed by atoms with Crippen molar-refractivity contribution in [2.75, 3.05) is 13.2 Å². The largest absolute Gasteiger partial charge is 0.598 e. The predicted octanol–water partition coefficient (Wildman–Crippen LogP) is 1.85. The van der Waals surface area contributed by atoms with Gasteiger partial charge in [0, 0.05) is 42.6 Å². The summed E-state index contributed by atoms with van der Waals surface area (Å²) in [5, 5.41) is 2.13. The van der Waals surface area contributed by atoms with Gasteiger partial charge in [-0.15, -0.1) is 4.72 Å². The molecule has 0 spiro atoms. The first-order chi connectivity index (χ1) is 16.4. The number of aryl methyl sites for hydroxylation is 1. The number of halogens is 1. The summed E-state index contributed by atoms with van der Waals surface area (Å²) in [6, 6.07) is 3.26. The third kappa shape index (κ3) is 4.87. The van der Waals surface area contributed by atoms with Crippen molar-refractivity contribution in [3.05, 3.63) is 35.1 Å². The highest BCUT2D eigenvalue weighted by Gasteiger charge is 2.53. The predicted molar refractivity (Wildman–Crippen MR) is 125 cm³/mol. The summed E-state index contributed by atoms with van der Waals surface area (Å²) in [5.41, 5.74) is -0.455. The summed E-state index contributed by atoms with van der Waals surface area (Å²) >= 11 is -1.67. The lowest BCUT2D eigenvalue weighted by Gasteiger charge is -2.38. The minimum atomic E-state index is -1.74. The van der Waals surface area contributed by atoms with Crippen LogP contribution in [0.5, 0.6) is 0 Å². The number of nitrogens with zero attached hydrogens (tertiary/aromatic N) is 1. The SMILES string of the molecule is CC(C)(C)[S+]([O-])N[C@]1(CC(=O)[C@@H]2C(=O)NC(=O)N(C3CCOCC3)C2=O)CCc2cccc(F)c21. The van der Waals surface area contributed by atoms with Crippen LogP contribution in [0.15, 0.2) is 18.2 Å². The minimum Gasteiger partial charge on any atom is -0.598 e. The van der Waals surface area contributed by atoms with Crippen LogP contribution in [0.4, 0.5) is 9.18 Å². The van der Waals surface area contributed by atoms with Crippen LogP contribution in [0.2, 0.25) is 0 Å². The first-order valence-electron chi connectivity index (χ1n) is 11.7. The lowest BCUT2D eigenvalue weighted by molar-refractivity contribution is -0.150. The van der Waals surface area contributed by atoms with Gasteiger partial charge in [0.1, 0.15) is 10.6 Å². The van der Waals surface area contributed by atoms with E-state index in [-0.39, 0.29) is 12.0 Å². The molecule has 1 unspecified atom stereocenters. The molecule has 1 aromatic rings. The number of hydrogen-bond acceptors (Lipinski definition) is 7. The lowest BCUT2D eigenvalue weighted by Crippen LogP contribution is -2.63. The van der Waals surface area contributed by atoms with Crippen molar-refractivity contribution in [2.24, 2.45) is 5.92 Å². The zero-order valence-electron chi connectivity index (χ0n) is 20.0. The Morgan fingerprint density at radius 1 is 1.29 bits per heavy atom. The van der Waals surface area contributed by atoms with E-state index in [1.165, 1.54) is 6.07 Å². The van der Waals surface area contributed by atoms with Gasteiger partial charge in [0.15, 0.2) is 11.7 Å². The molecule has 2 fully saturated rings. The molecule has 1 aromatic carbocycles. The lowest BCUT2D eigenvalue weighted by atomic mass is 9.82. The molecule has 1 aliphatic carbocycles. The van der Waals surface area contributed by atoms with Gasteiger partial charge in [-0.3, -0.25) is 24.6 Å². The first-order valence-corrected chi connectivity index (χ1v) is 12.9. The van der Waals surface area contributed by atoms with Gasteiger partial charge < -0.3 is 9.29 Å². The second kappa shape index (κ2) is 9.61. The average Bonchev–Trinajstić information content (AvgIpc) is 3.12. The van der Waals surface area contributed by atoms with Crippen LogP contribution in [0.25, 0.3) is 0 Å². The smallest absolute Gasteiger partial charge is 0.331 e. The standard InChI is InChI=1S/C24H30FN3O6S/c1-23(2,3)35(33)27-24(10-7-14-5-4-6-16(25)19(14)24)13-17(29)18-20(30)26-22(32)28(21(18)31)15-8-11-34-12-9-15/h4-6,15,18,27H,7-13H2,1-3H3,(H,26,30,32)/t18-,24+,35?/m1/s1. The highest BCUT2D eigenvalue weighted by Crippen LogP contribution is 2.43. The van der Waals surface area contributed by atoms with Crippen LogP contribution < -0.4 is 10.0 Å². The molecular weight excluding hydrogens is 477 g/mol. The Hall–Kier alpha value is -2.34. The molecule has 2 saturated heterocycles. The molecule has 4 amide bonds. The quantitative estimate of drug-likeness (QED) is 0.444. The highest BCUT2D eigenvalue weighted by molar-refractivity contribution is 7.90. The third-order valence-corrected chi connectivity index (χ3v) is 8.48. The molecule has 190 valence electrons. The molecule has 9 nitrogen and oxygen atoms in total. The maximum absolute atomic E-state index is 15.1. The molecule has 4 rings (SSSR count). The zero-order valence-corrected chi connectivity index (χ0v) is 20.8. The number of ether oxygens (including phenoxy) is 1. The molecule has 11 heteroatoms. The van der Waals surface area contributed by atoms with Crippen molar-refractivity contribution < 1.29 is 32.9 Å². The average molecular weight is 508 g/mol. The van der Waals surface area contributed by atoms with Crippen LogP contribution in [-0.4, -0.2) is 57.1 Å². The Morgan fingerprint density at radius 2 is 1.97 bits per heavy atom. The molecule has 0 saturated carbocycles. The molecule has 2 N–H and O–H groups in total. The van der Waals surface area contributed by atoms with Crippen molar-refractivity contribution in [1.82, 2.24) is 14.9 Å². The summed E-state index contributed by atoms with van der Waals surface area (Å²) in [7, 11) is 0. The van der Waals surface area contributed by atoms with Crippen molar-refractivity contribution >= 4 is 35.0 Å². The van der Waals surface area contributed by atoms with Gasteiger partial charge in [0.05, 0.1) is 5.54 Å². The van der Waals surface area contributed by atoms with Crippen molar-refractivity contribution in [2.45, 2.75) is 69.2 Å². The van der Waals surface area contributed by atoms with E-state index in [1.807, 2.05) is 0 Å². The van der Waals surface area contributed by atoms with Gasteiger partial charge in [-0.05, 0) is 58.1 Å². The number of fused-ring (bicyclic) bond motifs is 1. The van der Waals surface area contributed by atoms with E-state index >= 15 is 4.39 Å². The minimum absolute atomic E-state index is 0.229. The number of imide groups is 2. The first kappa shape index (κ1) is 25.7. The number of carbonyl (C=O) groups excluding carboxylic acids is 4. The van der Waals surface area contributed by atoms with Crippen LogP contribution in [0, 0.1) is 11.7 Å². The summed E-state index contributed by atoms with van der Waals surface area (Å²) in [5.74, 6) is -4.93. The normalized spacial score (nSPS) is 26.5. The number of nitrogens with one attached hydrogen (secondary N) is 2. The number of ketones is 1. The van der Waals surface area contributed by atoms with E-state index in [0.29, 0.717) is 38.0 Å². The van der Waals surface area contributed by atoms with Gasteiger partial charge in [0.25, 0.3) is 5.91 Å². The number of urea groups is 1. The number of carbonyl (C=O) groups is 4. The van der Waals surface area contributed by atoms with Gasteiger partial charge in [0.2, 0.25) is 5.91 Å². The fourth-order valence-electron chi connectivity index (χ4n) is 4.99. The molecule has 2 aliphatic heterocycles. The Kier molecular flexibility index (Phi) is 7.07. The van der Waals surface area contributed by atoms with Gasteiger partial charge >= 0.3 is 6.03 Å². The second-order valence-electron chi connectivity index (χ2n) is 10.3. The molecular formula is C24H30FN3O6S. The highest BCUT2D eigenvalue weighted by atomic mass is 32.2. The molecule has 0 aromatic heterocycles. The Bertz CT molecular complexity index is 1050. The van der Waals surface area contributed by atoms with Crippen LogP contribution in [0.1, 0.15) is 57.6 Å². The fourth-order valence-corrected chi connectivity index (χ4v) is 5.93. The third-order valence-electron chi connectivity index (χ3n) is 6.79. The number of hydrogen-bond donors (Lipinski definition) is 2. The van der Waals surface area contributed by atoms with Gasteiger partial charge in [-0.25, -0.2) is 9.18 Å². The van der Waals surface area contributed by atoms with Crippen LogP contribution >= 0.6 is 0 Å². The Morgan fingerprint density at radius 3 is 2.63 bits per heavy atom.